The van der Waals surface area contributed by atoms with Gasteiger partial charge < -0.3 is 5.32 Å². The Hall–Kier alpha value is -0.830. The lowest BCUT2D eigenvalue weighted by Gasteiger charge is -2.19. The molecule has 1 aromatic heterocycles. The first-order valence-electron chi connectivity index (χ1n) is 6.68. The minimum absolute atomic E-state index is 0.248. The largest absolute Gasteiger partial charge is 0.306 e. The van der Waals surface area contributed by atoms with E-state index in [0.717, 1.165) is 17.3 Å². The van der Waals surface area contributed by atoms with E-state index in [2.05, 4.69) is 56.4 Å². The van der Waals surface area contributed by atoms with Crippen LogP contribution < -0.4 is 5.32 Å². The Labute approximate surface area is 124 Å². The lowest BCUT2D eigenvalue weighted by Crippen LogP contribution is -2.23. The third kappa shape index (κ3) is 3.38. The summed E-state index contributed by atoms with van der Waals surface area (Å²) >= 11 is 7.90. The maximum absolute atomic E-state index is 6.23. The first kappa shape index (κ1) is 14.6. The van der Waals surface area contributed by atoms with Gasteiger partial charge in [0, 0.05) is 4.88 Å². The predicted octanol–water partition coefficient (Wildman–Crippen LogP) is 5.11. The molecule has 3 heteroatoms. The van der Waals surface area contributed by atoms with Crippen molar-refractivity contribution < 1.29 is 0 Å². The van der Waals surface area contributed by atoms with Gasteiger partial charge in [0.15, 0.2) is 0 Å². The van der Waals surface area contributed by atoms with Crippen molar-refractivity contribution in [2.75, 3.05) is 6.54 Å². The SMILES string of the molecule is CCCNC(c1cc(C)c(Cl)s1)c1ccccc1C. The Kier molecular flexibility index (Phi) is 5.03. The zero-order valence-corrected chi connectivity index (χ0v) is 13.2. The molecule has 2 rings (SSSR count). The number of nitrogens with one attached hydrogen (secondary N) is 1. The standard InChI is InChI=1S/C16H20ClNS/c1-4-9-18-15(13-8-6-5-7-11(13)2)14-10-12(3)16(17)19-14/h5-8,10,15,18H,4,9H2,1-3H3. The molecule has 0 saturated heterocycles. The molecule has 0 aliphatic rings. The molecule has 0 aliphatic heterocycles. The highest BCUT2D eigenvalue weighted by Crippen LogP contribution is 2.35. The second-order valence-corrected chi connectivity index (χ2v) is 6.54. The molecule has 19 heavy (non-hydrogen) atoms. The van der Waals surface area contributed by atoms with Gasteiger partial charge in [-0.15, -0.1) is 11.3 Å². The van der Waals surface area contributed by atoms with Crippen LogP contribution in [0.1, 0.15) is 41.0 Å². The van der Waals surface area contributed by atoms with Gasteiger partial charge in [-0.05, 0) is 49.6 Å². The molecule has 1 N–H and O–H groups in total. The van der Waals surface area contributed by atoms with E-state index in [1.54, 1.807) is 11.3 Å². The number of aryl methyl sites for hydroxylation is 2. The van der Waals surface area contributed by atoms with Crippen LogP contribution in [0.2, 0.25) is 4.34 Å². The fourth-order valence-electron chi connectivity index (χ4n) is 2.19. The molecule has 1 nitrogen and oxygen atoms in total. The number of hydrogen-bond acceptors (Lipinski definition) is 2. The van der Waals surface area contributed by atoms with Crippen LogP contribution in [0.5, 0.6) is 0 Å². The maximum atomic E-state index is 6.23. The van der Waals surface area contributed by atoms with Gasteiger partial charge in [-0.1, -0.05) is 42.8 Å². The average molecular weight is 294 g/mol. The van der Waals surface area contributed by atoms with Gasteiger partial charge in [-0.3, -0.25) is 0 Å². The van der Waals surface area contributed by atoms with Crippen molar-refractivity contribution in [2.24, 2.45) is 0 Å². The summed E-state index contributed by atoms with van der Waals surface area (Å²) in [5.41, 5.74) is 3.82. The second kappa shape index (κ2) is 6.56. The molecule has 1 aromatic carbocycles. The number of hydrogen-bond donors (Lipinski definition) is 1. The van der Waals surface area contributed by atoms with Crippen LogP contribution in [-0.2, 0) is 0 Å². The van der Waals surface area contributed by atoms with Crippen molar-refractivity contribution in [1.29, 1.82) is 0 Å². The van der Waals surface area contributed by atoms with Gasteiger partial charge in [0.2, 0.25) is 0 Å². The fraction of sp³-hybridized carbons (Fsp3) is 0.375. The third-order valence-electron chi connectivity index (χ3n) is 3.26. The minimum atomic E-state index is 0.248. The smallest absolute Gasteiger partial charge is 0.0961 e. The van der Waals surface area contributed by atoms with Crippen molar-refractivity contribution in [1.82, 2.24) is 5.32 Å². The Morgan fingerprint density at radius 1 is 1.21 bits per heavy atom. The van der Waals surface area contributed by atoms with Crippen molar-refractivity contribution in [3.63, 3.8) is 0 Å². The van der Waals surface area contributed by atoms with Crippen LogP contribution in [0.4, 0.5) is 0 Å². The number of rotatable bonds is 5. The van der Waals surface area contributed by atoms with E-state index in [-0.39, 0.29) is 6.04 Å². The molecule has 0 radical (unpaired) electrons. The van der Waals surface area contributed by atoms with E-state index < -0.39 is 0 Å². The molecule has 0 spiro atoms. The summed E-state index contributed by atoms with van der Waals surface area (Å²) in [5, 5.41) is 3.64. The first-order valence-corrected chi connectivity index (χ1v) is 7.87. The molecule has 0 bridgehead atoms. The Balaban J connectivity index is 2.38. The minimum Gasteiger partial charge on any atom is -0.306 e. The number of benzene rings is 1. The first-order chi connectivity index (χ1) is 9.13. The molecule has 1 atom stereocenters. The molecule has 102 valence electrons. The Morgan fingerprint density at radius 2 is 1.95 bits per heavy atom. The summed E-state index contributed by atoms with van der Waals surface area (Å²) in [6, 6.07) is 11.0. The maximum Gasteiger partial charge on any atom is 0.0961 e. The molecule has 0 saturated carbocycles. The number of halogens is 1. The lowest BCUT2D eigenvalue weighted by molar-refractivity contribution is 0.603. The van der Waals surface area contributed by atoms with Crippen LogP contribution in [0.15, 0.2) is 30.3 Å². The van der Waals surface area contributed by atoms with Crippen molar-refractivity contribution in [3.8, 4) is 0 Å². The zero-order valence-electron chi connectivity index (χ0n) is 11.7. The van der Waals surface area contributed by atoms with Crippen LogP contribution in [0.3, 0.4) is 0 Å². The summed E-state index contributed by atoms with van der Waals surface area (Å²) in [5.74, 6) is 0. The van der Waals surface area contributed by atoms with Crippen molar-refractivity contribution >= 4 is 22.9 Å². The molecular formula is C16H20ClNS. The second-order valence-electron chi connectivity index (χ2n) is 4.85. The Morgan fingerprint density at radius 3 is 2.53 bits per heavy atom. The van der Waals surface area contributed by atoms with E-state index in [9.17, 15) is 0 Å². The van der Waals surface area contributed by atoms with Crippen LogP contribution in [0.25, 0.3) is 0 Å². The van der Waals surface area contributed by atoms with Gasteiger partial charge in [-0.2, -0.15) is 0 Å². The molecule has 0 amide bonds. The van der Waals surface area contributed by atoms with E-state index in [1.807, 2.05) is 0 Å². The van der Waals surface area contributed by atoms with Gasteiger partial charge in [0.25, 0.3) is 0 Å². The predicted molar refractivity (Wildman–Crippen MR) is 85.4 cm³/mol. The summed E-state index contributed by atoms with van der Waals surface area (Å²) in [6.45, 7) is 7.43. The third-order valence-corrected chi connectivity index (χ3v) is 4.88. The highest BCUT2D eigenvalue weighted by Gasteiger charge is 2.18. The molecular weight excluding hydrogens is 274 g/mol. The van der Waals surface area contributed by atoms with Crippen LogP contribution in [0, 0.1) is 13.8 Å². The zero-order chi connectivity index (χ0) is 13.8. The Bertz CT molecular complexity index is 528. The molecule has 1 heterocycles. The van der Waals surface area contributed by atoms with Gasteiger partial charge in [-0.25, -0.2) is 0 Å². The summed E-state index contributed by atoms with van der Waals surface area (Å²) in [4.78, 5) is 1.30. The van der Waals surface area contributed by atoms with Crippen LogP contribution >= 0.6 is 22.9 Å². The van der Waals surface area contributed by atoms with Gasteiger partial charge in [0.05, 0.1) is 10.4 Å². The highest BCUT2D eigenvalue weighted by atomic mass is 35.5. The average Bonchev–Trinajstić information content (AvgIpc) is 2.72. The van der Waals surface area contributed by atoms with Gasteiger partial charge in [0.1, 0.15) is 0 Å². The van der Waals surface area contributed by atoms with Crippen molar-refractivity contribution in [3.05, 3.63) is 56.2 Å². The summed E-state index contributed by atoms with van der Waals surface area (Å²) in [7, 11) is 0. The quantitative estimate of drug-likeness (QED) is 0.808. The molecule has 1 unspecified atom stereocenters. The lowest BCUT2D eigenvalue weighted by atomic mass is 9.99. The number of thiophene rings is 1. The van der Waals surface area contributed by atoms with E-state index >= 15 is 0 Å². The van der Waals surface area contributed by atoms with Gasteiger partial charge >= 0.3 is 0 Å². The topological polar surface area (TPSA) is 12.0 Å². The van der Waals surface area contributed by atoms with Crippen LogP contribution in [-0.4, -0.2) is 6.54 Å². The molecule has 0 aliphatic carbocycles. The highest BCUT2D eigenvalue weighted by molar-refractivity contribution is 7.16. The normalized spacial score (nSPS) is 12.6. The monoisotopic (exact) mass is 293 g/mol. The molecule has 2 aromatic rings. The fourth-order valence-corrected chi connectivity index (χ4v) is 3.50. The van der Waals surface area contributed by atoms with E-state index in [4.69, 9.17) is 11.6 Å². The van der Waals surface area contributed by atoms with Crippen molar-refractivity contribution in [2.45, 2.75) is 33.2 Å². The van der Waals surface area contributed by atoms with E-state index in [1.165, 1.54) is 21.6 Å². The summed E-state index contributed by atoms with van der Waals surface area (Å²) < 4.78 is 0.895. The molecule has 0 fully saturated rings. The van der Waals surface area contributed by atoms with E-state index in [0.29, 0.717) is 0 Å². The summed E-state index contributed by atoms with van der Waals surface area (Å²) in [6.07, 6.45) is 1.13.